The van der Waals surface area contributed by atoms with E-state index < -0.39 is 0 Å². The van der Waals surface area contributed by atoms with E-state index in [4.69, 9.17) is 14.5 Å². The van der Waals surface area contributed by atoms with Crippen LogP contribution in [-0.2, 0) is 16.0 Å². The number of methoxy groups -OCH3 is 2. The number of anilines is 1. The van der Waals surface area contributed by atoms with Gasteiger partial charge in [-0.15, -0.1) is 11.3 Å². The van der Waals surface area contributed by atoms with Crippen LogP contribution in [0.2, 0.25) is 0 Å². The zero-order valence-electron chi connectivity index (χ0n) is 12.4. The number of nitrogens with one attached hydrogen (secondary N) is 1. The van der Waals surface area contributed by atoms with Gasteiger partial charge in [-0.1, -0.05) is 0 Å². The second-order valence-electron chi connectivity index (χ2n) is 5.18. The molecule has 114 valence electrons. The summed E-state index contributed by atoms with van der Waals surface area (Å²) in [5.41, 5.74) is 1.13. The van der Waals surface area contributed by atoms with Gasteiger partial charge in [-0.25, -0.2) is 4.98 Å². The molecule has 20 heavy (non-hydrogen) atoms. The summed E-state index contributed by atoms with van der Waals surface area (Å²) in [5.74, 6) is 0.714. The van der Waals surface area contributed by atoms with Crippen LogP contribution in [0.3, 0.4) is 0 Å². The van der Waals surface area contributed by atoms with Gasteiger partial charge in [0, 0.05) is 52.4 Å². The van der Waals surface area contributed by atoms with Crippen LogP contribution in [0.1, 0.15) is 18.5 Å². The average Bonchev–Trinajstić information content (AvgIpc) is 2.94. The monoisotopic (exact) mass is 299 g/mol. The fourth-order valence-corrected chi connectivity index (χ4v) is 3.32. The Bertz CT molecular complexity index is 378. The number of nitrogens with zero attached hydrogens (tertiary/aromatic N) is 2. The van der Waals surface area contributed by atoms with Crippen molar-refractivity contribution >= 4 is 16.5 Å². The highest BCUT2D eigenvalue weighted by Crippen LogP contribution is 2.26. The number of thiazole rings is 1. The van der Waals surface area contributed by atoms with E-state index >= 15 is 0 Å². The molecule has 0 radical (unpaired) electrons. The zero-order chi connectivity index (χ0) is 14.2. The van der Waals surface area contributed by atoms with Crippen LogP contribution >= 0.6 is 11.3 Å². The van der Waals surface area contributed by atoms with E-state index in [0.717, 1.165) is 50.2 Å². The molecule has 1 aromatic heterocycles. The maximum atomic E-state index is 5.24. The smallest absolute Gasteiger partial charge is 0.185 e. The maximum absolute atomic E-state index is 5.24. The van der Waals surface area contributed by atoms with Gasteiger partial charge < -0.3 is 19.7 Å². The molecule has 0 spiro atoms. The molecular formula is C14H25N3O2S. The molecule has 0 amide bonds. The molecule has 1 aromatic rings. The summed E-state index contributed by atoms with van der Waals surface area (Å²) in [5, 5.41) is 6.63. The van der Waals surface area contributed by atoms with Gasteiger partial charge in [-0.05, 0) is 18.8 Å². The first-order valence-corrected chi connectivity index (χ1v) is 8.09. The van der Waals surface area contributed by atoms with Gasteiger partial charge in [-0.2, -0.15) is 0 Å². The predicted octanol–water partition coefficient (Wildman–Crippen LogP) is 1.74. The van der Waals surface area contributed by atoms with Gasteiger partial charge in [-0.3, -0.25) is 0 Å². The summed E-state index contributed by atoms with van der Waals surface area (Å²) in [7, 11) is 3.51. The van der Waals surface area contributed by atoms with Crippen molar-refractivity contribution in [2.75, 3.05) is 52.0 Å². The highest BCUT2D eigenvalue weighted by atomic mass is 32.1. The molecule has 1 fully saturated rings. The largest absolute Gasteiger partial charge is 0.384 e. The Kier molecular flexibility index (Phi) is 6.72. The molecule has 1 aliphatic heterocycles. The molecule has 0 unspecified atom stereocenters. The van der Waals surface area contributed by atoms with Crippen molar-refractivity contribution in [1.29, 1.82) is 0 Å². The van der Waals surface area contributed by atoms with Gasteiger partial charge in [0.1, 0.15) is 0 Å². The molecule has 0 aliphatic carbocycles. The van der Waals surface area contributed by atoms with E-state index in [1.165, 1.54) is 12.8 Å². The third-order valence-corrected chi connectivity index (χ3v) is 4.57. The van der Waals surface area contributed by atoms with Gasteiger partial charge >= 0.3 is 0 Å². The molecule has 0 saturated carbocycles. The Morgan fingerprint density at radius 2 is 2.15 bits per heavy atom. The third kappa shape index (κ3) is 4.70. The second kappa shape index (κ2) is 8.56. The van der Waals surface area contributed by atoms with Crippen molar-refractivity contribution in [3.05, 3.63) is 11.1 Å². The summed E-state index contributed by atoms with van der Waals surface area (Å²) in [4.78, 5) is 7.11. The second-order valence-corrected chi connectivity index (χ2v) is 6.01. The number of rotatable bonds is 8. The Balaban J connectivity index is 1.75. The standard InChI is InChI=1S/C14H25N3O2S/c1-18-8-5-15-9-13-11-20-14(16-13)17-6-3-12(4-7-17)10-19-2/h11-12,15H,3-10H2,1-2H3. The number of hydrogen-bond acceptors (Lipinski definition) is 6. The SMILES string of the molecule is COCCNCc1csc(N2CCC(COC)CC2)n1. The first-order valence-electron chi connectivity index (χ1n) is 7.21. The highest BCUT2D eigenvalue weighted by molar-refractivity contribution is 7.13. The van der Waals surface area contributed by atoms with Crippen molar-refractivity contribution in [2.24, 2.45) is 5.92 Å². The Morgan fingerprint density at radius 3 is 2.85 bits per heavy atom. The Labute approximate surface area is 125 Å². The highest BCUT2D eigenvalue weighted by Gasteiger charge is 2.21. The molecule has 5 nitrogen and oxygen atoms in total. The lowest BCUT2D eigenvalue weighted by molar-refractivity contribution is 0.139. The van der Waals surface area contributed by atoms with Crippen LogP contribution < -0.4 is 10.2 Å². The van der Waals surface area contributed by atoms with Crippen LogP contribution in [0.5, 0.6) is 0 Å². The van der Waals surface area contributed by atoms with Crippen LogP contribution in [0.25, 0.3) is 0 Å². The molecule has 0 atom stereocenters. The summed E-state index contributed by atoms with van der Waals surface area (Å²) in [6, 6.07) is 0. The molecular weight excluding hydrogens is 274 g/mol. The summed E-state index contributed by atoms with van der Waals surface area (Å²) < 4.78 is 10.3. The van der Waals surface area contributed by atoms with Crippen molar-refractivity contribution in [1.82, 2.24) is 10.3 Å². The maximum Gasteiger partial charge on any atom is 0.185 e. The normalized spacial score (nSPS) is 16.8. The van der Waals surface area contributed by atoms with E-state index in [-0.39, 0.29) is 0 Å². The summed E-state index contributed by atoms with van der Waals surface area (Å²) in [6.07, 6.45) is 2.41. The van der Waals surface area contributed by atoms with Crippen LogP contribution in [-0.4, -0.2) is 52.1 Å². The van der Waals surface area contributed by atoms with Crippen molar-refractivity contribution in [3.63, 3.8) is 0 Å². The van der Waals surface area contributed by atoms with Crippen molar-refractivity contribution in [2.45, 2.75) is 19.4 Å². The minimum atomic E-state index is 0.714. The van der Waals surface area contributed by atoms with E-state index in [1.807, 2.05) is 0 Å². The predicted molar refractivity (Wildman–Crippen MR) is 82.5 cm³/mol. The molecule has 2 heterocycles. The Hall–Kier alpha value is -0.690. The molecule has 1 N–H and O–H groups in total. The third-order valence-electron chi connectivity index (χ3n) is 3.62. The van der Waals surface area contributed by atoms with Gasteiger partial charge in [0.25, 0.3) is 0 Å². The lowest BCUT2D eigenvalue weighted by atomic mass is 9.98. The van der Waals surface area contributed by atoms with Crippen molar-refractivity contribution < 1.29 is 9.47 Å². The lowest BCUT2D eigenvalue weighted by Crippen LogP contribution is -2.34. The number of aromatic nitrogens is 1. The van der Waals surface area contributed by atoms with Crippen LogP contribution in [0, 0.1) is 5.92 Å². The number of hydrogen-bond donors (Lipinski definition) is 1. The topological polar surface area (TPSA) is 46.6 Å². The van der Waals surface area contributed by atoms with Crippen LogP contribution in [0.4, 0.5) is 5.13 Å². The summed E-state index contributed by atoms with van der Waals surface area (Å²) >= 11 is 1.75. The molecule has 2 rings (SSSR count). The number of ether oxygens (including phenoxy) is 2. The average molecular weight is 299 g/mol. The lowest BCUT2D eigenvalue weighted by Gasteiger charge is -2.31. The molecule has 1 aliphatic rings. The van der Waals surface area contributed by atoms with E-state index in [9.17, 15) is 0 Å². The number of piperidine rings is 1. The molecule has 6 heteroatoms. The minimum absolute atomic E-state index is 0.714. The Morgan fingerprint density at radius 1 is 1.35 bits per heavy atom. The van der Waals surface area contributed by atoms with E-state index in [1.54, 1.807) is 25.6 Å². The van der Waals surface area contributed by atoms with Gasteiger partial charge in [0.05, 0.1) is 12.3 Å². The fourth-order valence-electron chi connectivity index (χ4n) is 2.44. The summed E-state index contributed by atoms with van der Waals surface area (Å²) in [6.45, 7) is 5.51. The molecule has 1 saturated heterocycles. The zero-order valence-corrected chi connectivity index (χ0v) is 13.2. The quantitative estimate of drug-likeness (QED) is 0.741. The molecule has 0 bridgehead atoms. The van der Waals surface area contributed by atoms with Gasteiger partial charge in [0.15, 0.2) is 5.13 Å². The van der Waals surface area contributed by atoms with E-state index in [2.05, 4.69) is 15.6 Å². The van der Waals surface area contributed by atoms with Crippen molar-refractivity contribution in [3.8, 4) is 0 Å². The first-order chi connectivity index (χ1) is 9.83. The first kappa shape index (κ1) is 15.7. The van der Waals surface area contributed by atoms with E-state index in [0.29, 0.717) is 5.92 Å². The fraction of sp³-hybridized carbons (Fsp3) is 0.786. The molecule has 0 aromatic carbocycles. The van der Waals surface area contributed by atoms with Crippen LogP contribution in [0.15, 0.2) is 5.38 Å². The minimum Gasteiger partial charge on any atom is -0.384 e. The van der Waals surface area contributed by atoms with Gasteiger partial charge in [0.2, 0.25) is 0 Å².